The Bertz CT molecular complexity index is 1180. The molecular formula is C30H38O6. The molecular weight excluding hydrogens is 456 g/mol. The van der Waals surface area contributed by atoms with Gasteiger partial charge in [0.15, 0.2) is 0 Å². The van der Waals surface area contributed by atoms with Crippen LogP contribution in [0, 0.1) is 39.9 Å². The van der Waals surface area contributed by atoms with E-state index in [1.165, 1.54) is 16.7 Å². The zero-order chi connectivity index (χ0) is 25.5. The predicted molar refractivity (Wildman–Crippen MR) is 131 cm³/mol. The van der Waals surface area contributed by atoms with E-state index in [9.17, 15) is 19.8 Å². The molecule has 7 aliphatic rings. The highest BCUT2D eigenvalue weighted by molar-refractivity contribution is 5.91. The number of esters is 2. The molecule has 0 aromatic carbocycles. The Labute approximate surface area is 212 Å². The molecule has 3 saturated carbocycles. The highest BCUT2D eigenvalue weighted by atomic mass is 16.6. The topological polar surface area (TPSA) is 93.1 Å². The summed E-state index contributed by atoms with van der Waals surface area (Å²) in [6.45, 7) is 12.6. The Morgan fingerprint density at radius 3 is 2.53 bits per heavy atom. The molecule has 2 heterocycles. The number of rotatable bonds is 0. The minimum atomic E-state index is -0.740. The second kappa shape index (κ2) is 6.93. The summed E-state index contributed by atoms with van der Waals surface area (Å²) in [5.74, 6) is -0.696. The van der Waals surface area contributed by atoms with E-state index < -0.39 is 23.0 Å². The van der Waals surface area contributed by atoms with Gasteiger partial charge in [-0.05, 0) is 64.7 Å². The zero-order valence-corrected chi connectivity index (χ0v) is 21.8. The van der Waals surface area contributed by atoms with Gasteiger partial charge in [0, 0.05) is 34.2 Å². The average molecular weight is 495 g/mol. The van der Waals surface area contributed by atoms with Crippen molar-refractivity contribution in [2.75, 3.05) is 0 Å². The van der Waals surface area contributed by atoms with Crippen molar-refractivity contribution in [1.29, 1.82) is 0 Å². The molecule has 6 nitrogen and oxygen atoms in total. The van der Waals surface area contributed by atoms with Gasteiger partial charge in [0.1, 0.15) is 12.2 Å². The molecule has 2 saturated heterocycles. The maximum atomic E-state index is 14.0. The number of carbonyl (C=O) groups is 2. The van der Waals surface area contributed by atoms with Gasteiger partial charge in [-0.3, -0.25) is 4.79 Å². The summed E-state index contributed by atoms with van der Waals surface area (Å²) in [4.78, 5) is 26.2. The van der Waals surface area contributed by atoms with Crippen molar-refractivity contribution in [3.63, 3.8) is 0 Å². The lowest BCUT2D eigenvalue weighted by atomic mass is 9.52. The predicted octanol–water partition coefficient (Wildman–Crippen LogP) is 4.01. The fraction of sp³-hybridized carbons (Fsp3) is 0.733. The number of aliphatic hydroxyl groups excluding tert-OH is 2. The quantitative estimate of drug-likeness (QED) is 0.300. The average Bonchev–Trinajstić information content (AvgIpc) is 3.38. The molecule has 0 aromatic rings. The van der Waals surface area contributed by atoms with E-state index in [2.05, 4.69) is 34.3 Å². The van der Waals surface area contributed by atoms with E-state index in [-0.39, 0.29) is 53.2 Å². The lowest BCUT2D eigenvalue weighted by molar-refractivity contribution is -0.151. The van der Waals surface area contributed by atoms with Gasteiger partial charge in [0.05, 0.1) is 17.6 Å². The molecule has 1 unspecified atom stereocenters. The number of allylic oxidation sites excluding steroid dienone is 1. The first-order valence-electron chi connectivity index (χ1n) is 13.8. The van der Waals surface area contributed by atoms with Crippen LogP contribution < -0.4 is 0 Å². The summed E-state index contributed by atoms with van der Waals surface area (Å²) < 4.78 is 11.9. The monoisotopic (exact) mass is 494 g/mol. The number of aliphatic hydroxyl groups is 2. The van der Waals surface area contributed by atoms with Crippen molar-refractivity contribution in [2.45, 2.75) is 97.1 Å². The second-order valence-electron chi connectivity index (χ2n) is 13.4. The van der Waals surface area contributed by atoms with E-state index in [0.717, 1.165) is 24.8 Å². The van der Waals surface area contributed by atoms with E-state index in [1.807, 2.05) is 0 Å². The third kappa shape index (κ3) is 2.38. The van der Waals surface area contributed by atoms with Gasteiger partial charge in [0.25, 0.3) is 0 Å². The molecule has 7 rings (SSSR count). The molecule has 2 bridgehead atoms. The van der Waals surface area contributed by atoms with Crippen LogP contribution in [0.4, 0.5) is 0 Å². The van der Waals surface area contributed by atoms with E-state index in [0.29, 0.717) is 31.3 Å². The van der Waals surface area contributed by atoms with Gasteiger partial charge in [-0.25, -0.2) is 4.79 Å². The normalized spacial score (nSPS) is 53.2. The fourth-order valence-corrected chi connectivity index (χ4v) is 10.5. The minimum Gasteiger partial charge on any atom is -0.462 e. The molecule has 6 heteroatoms. The Balaban J connectivity index is 1.34. The van der Waals surface area contributed by atoms with Crippen molar-refractivity contribution in [3.8, 4) is 0 Å². The van der Waals surface area contributed by atoms with Crippen molar-refractivity contribution in [2.24, 2.45) is 39.9 Å². The number of ether oxygens (including phenoxy) is 2. The molecule has 36 heavy (non-hydrogen) atoms. The molecule has 2 aliphatic heterocycles. The van der Waals surface area contributed by atoms with Gasteiger partial charge in [0.2, 0.25) is 0 Å². The Hall–Kier alpha value is -1.92. The van der Waals surface area contributed by atoms with Crippen molar-refractivity contribution in [3.05, 3.63) is 34.4 Å². The SMILES string of the molecule is C=C1C(=O)O[C@@H]2C[C@@H](C)[C@]34C[C@]5(C(=O)O[C@H]6C[C@@]7(C)C(=C(C)CC[C@@H]7O)C[C@H]65)[C@@H](C(C)=C3C[C@@H]12)C4O. The van der Waals surface area contributed by atoms with Gasteiger partial charge < -0.3 is 19.7 Å². The summed E-state index contributed by atoms with van der Waals surface area (Å²) in [6, 6.07) is 0. The third-order valence-corrected chi connectivity index (χ3v) is 12.3. The second-order valence-corrected chi connectivity index (χ2v) is 13.4. The molecule has 0 aromatic heterocycles. The van der Waals surface area contributed by atoms with Crippen LogP contribution >= 0.6 is 0 Å². The first-order valence-corrected chi connectivity index (χ1v) is 13.8. The molecule has 2 N–H and O–H groups in total. The maximum absolute atomic E-state index is 14.0. The number of fused-ring (bicyclic) bond motifs is 6. The van der Waals surface area contributed by atoms with E-state index >= 15 is 0 Å². The van der Waals surface area contributed by atoms with Crippen LogP contribution in [0.25, 0.3) is 0 Å². The van der Waals surface area contributed by atoms with Crippen LogP contribution in [0.2, 0.25) is 0 Å². The molecule has 5 aliphatic carbocycles. The van der Waals surface area contributed by atoms with Crippen molar-refractivity contribution in [1.82, 2.24) is 0 Å². The smallest absolute Gasteiger partial charge is 0.334 e. The Kier molecular flexibility index (Phi) is 4.47. The molecule has 0 radical (unpaired) electrons. The summed E-state index contributed by atoms with van der Waals surface area (Å²) in [7, 11) is 0. The van der Waals surface area contributed by atoms with E-state index in [4.69, 9.17) is 9.47 Å². The highest BCUT2D eigenvalue weighted by Crippen LogP contribution is 2.76. The number of hydrogen-bond acceptors (Lipinski definition) is 6. The third-order valence-electron chi connectivity index (χ3n) is 12.3. The van der Waals surface area contributed by atoms with Crippen molar-refractivity contribution < 1.29 is 29.3 Å². The van der Waals surface area contributed by atoms with Gasteiger partial charge >= 0.3 is 11.9 Å². The molecule has 194 valence electrons. The summed E-state index contributed by atoms with van der Waals surface area (Å²) in [5.41, 5.74) is 3.95. The summed E-state index contributed by atoms with van der Waals surface area (Å²) >= 11 is 0. The van der Waals surface area contributed by atoms with Crippen LogP contribution in [0.3, 0.4) is 0 Å². The summed E-state index contributed by atoms with van der Waals surface area (Å²) in [5, 5.41) is 23.0. The van der Waals surface area contributed by atoms with E-state index in [1.54, 1.807) is 0 Å². The lowest BCUT2D eigenvalue weighted by Gasteiger charge is -2.50. The standard InChI is InChI=1S/C30H38O6/c1-13-6-7-23(31)28(5)11-22-20(10-18(13)28)30(27(34)36-22)12-29-14(2)8-21-17(15(3)26(33)35-21)9-19(29)16(4)24(30)25(29)32/h14,17,20-25,31-32H,3,6-12H2,1-2,4-5H3/t14-,17+,20-,21-,22+,23+,24+,25?,28+,29-,30-/m1/s1. The largest absolute Gasteiger partial charge is 0.462 e. The van der Waals surface area contributed by atoms with Crippen LogP contribution in [-0.4, -0.2) is 46.6 Å². The molecule has 0 amide bonds. The lowest BCUT2D eigenvalue weighted by Crippen LogP contribution is -2.50. The van der Waals surface area contributed by atoms with Crippen LogP contribution in [-0.2, 0) is 19.1 Å². The highest BCUT2D eigenvalue weighted by Gasteiger charge is 2.78. The summed E-state index contributed by atoms with van der Waals surface area (Å²) in [6.07, 6.45) is 3.51. The molecule has 5 fully saturated rings. The van der Waals surface area contributed by atoms with Crippen molar-refractivity contribution >= 4 is 11.9 Å². The minimum absolute atomic E-state index is 0.00611. The first kappa shape index (κ1) is 23.2. The Morgan fingerprint density at radius 1 is 1.03 bits per heavy atom. The van der Waals surface area contributed by atoms with Crippen LogP contribution in [0.5, 0.6) is 0 Å². The van der Waals surface area contributed by atoms with Crippen LogP contribution in [0.1, 0.15) is 72.6 Å². The van der Waals surface area contributed by atoms with Gasteiger partial charge in [-0.1, -0.05) is 42.7 Å². The van der Waals surface area contributed by atoms with Crippen LogP contribution in [0.15, 0.2) is 34.4 Å². The van der Waals surface area contributed by atoms with Gasteiger partial charge in [-0.2, -0.15) is 0 Å². The zero-order valence-electron chi connectivity index (χ0n) is 21.8. The number of hydrogen-bond donors (Lipinski definition) is 2. The first-order chi connectivity index (χ1) is 17.0. The fourth-order valence-electron chi connectivity index (χ4n) is 10.5. The molecule has 2 spiro atoms. The van der Waals surface area contributed by atoms with Gasteiger partial charge in [-0.15, -0.1) is 0 Å². The number of carbonyl (C=O) groups excluding carboxylic acids is 2. The Morgan fingerprint density at radius 2 is 1.78 bits per heavy atom. The molecule has 11 atom stereocenters. The maximum Gasteiger partial charge on any atom is 0.334 e.